The fourth-order valence-electron chi connectivity index (χ4n) is 2.30. The van der Waals surface area contributed by atoms with Crippen molar-refractivity contribution in [1.29, 1.82) is 0 Å². The Morgan fingerprint density at radius 3 is 2.68 bits per heavy atom. The molecule has 0 bridgehead atoms. The van der Waals surface area contributed by atoms with Crippen LogP contribution in [0.3, 0.4) is 0 Å². The van der Waals surface area contributed by atoms with Crippen LogP contribution in [0.4, 0.5) is 4.39 Å². The SMILES string of the molecule is CCOc1cc(CNCCOC)cc(Br)c1OCc1ccccc1F. The first-order valence-corrected chi connectivity index (χ1v) is 8.96. The van der Waals surface area contributed by atoms with Gasteiger partial charge in [0, 0.05) is 25.8 Å². The number of nitrogens with one attached hydrogen (secondary N) is 1. The minimum Gasteiger partial charge on any atom is -0.490 e. The highest BCUT2D eigenvalue weighted by molar-refractivity contribution is 9.10. The molecule has 0 heterocycles. The number of methoxy groups -OCH3 is 1. The Hall–Kier alpha value is -1.63. The summed E-state index contributed by atoms with van der Waals surface area (Å²) in [5.74, 6) is 0.929. The van der Waals surface area contributed by atoms with Crippen molar-refractivity contribution >= 4 is 15.9 Å². The van der Waals surface area contributed by atoms with Gasteiger partial charge in [-0.2, -0.15) is 0 Å². The third-order valence-corrected chi connectivity index (χ3v) is 4.10. The maximum absolute atomic E-state index is 13.8. The molecule has 0 aromatic heterocycles. The van der Waals surface area contributed by atoms with Crippen LogP contribution in [0, 0.1) is 5.82 Å². The van der Waals surface area contributed by atoms with Crippen molar-refractivity contribution in [2.24, 2.45) is 0 Å². The summed E-state index contributed by atoms with van der Waals surface area (Å²) in [4.78, 5) is 0. The van der Waals surface area contributed by atoms with E-state index in [0.29, 0.717) is 36.8 Å². The molecule has 2 aromatic carbocycles. The summed E-state index contributed by atoms with van der Waals surface area (Å²) in [6.45, 7) is 4.68. The number of ether oxygens (including phenoxy) is 3. The molecule has 0 atom stereocenters. The van der Waals surface area contributed by atoms with E-state index in [-0.39, 0.29) is 12.4 Å². The number of hydrogen-bond acceptors (Lipinski definition) is 4. The molecule has 0 aliphatic rings. The molecule has 136 valence electrons. The number of halogens is 2. The average molecular weight is 412 g/mol. The van der Waals surface area contributed by atoms with Crippen molar-refractivity contribution in [1.82, 2.24) is 5.32 Å². The molecule has 4 nitrogen and oxygen atoms in total. The van der Waals surface area contributed by atoms with Crippen LogP contribution in [-0.2, 0) is 17.9 Å². The van der Waals surface area contributed by atoms with Crippen molar-refractivity contribution in [3.8, 4) is 11.5 Å². The van der Waals surface area contributed by atoms with Gasteiger partial charge in [0.25, 0.3) is 0 Å². The normalized spacial score (nSPS) is 10.7. The third-order valence-electron chi connectivity index (χ3n) is 3.51. The van der Waals surface area contributed by atoms with Crippen molar-refractivity contribution < 1.29 is 18.6 Å². The van der Waals surface area contributed by atoms with E-state index >= 15 is 0 Å². The van der Waals surface area contributed by atoms with Gasteiger partial charge in [-0.3, -0.25) is 0 Å². The van der Waals surface area contributed by atoms with E-state index in [9.17, 15) is 4.39 Å². The molecule has 0 radical (unpaired) electrons. The minimum atomic E-state index is -0.282. The number of benzene rings is 2. The largest absolute Gasteiger partial charge is 0.490 e. The van der Waals surface area contributed by atoms with Gasteiger partial charge in [-0.15, -0.1) is 0 Å². The Morgan fingerprint density at radius 1 is 1.16 bits per heavy atom. The maximum atomic E-state index is 13.8. The molecule has 0 aliphatic heterocycles. The van der Waals surface area contributed by atoms with Gasteiger partial charge in [0.15, 0.2) is 11.5 Å². The van der Waals surface area contributed by atoms with E-state index in [2.05, 4.69) is 21.2 Å². The molecule has 0 aliphatic carbocycles. The van der Waals surface area contributed by atoms with Gasteiger partial charge in [0.05, 0.1) is 17.7 Å². The van der Waals surface area contributed by atoms with Crippen LogP contribution >= 0.6 is 15.9 Å². The summed E-state index contributed by atoms with van der Waals surface area (Å²) >= 11 is 3.53. The summed E-state index contributed by atoms with van der Waals surface area (Å²) in [5.41, 5.74) is 1.56. The molecule has 2 aromatic rings. The second-order valence-corrected chi connectivity index (χ2v) is 6.24. The van der Waals surface area contributed by atoms with Gasteiger partial charge in [-0.05, 0) is 46.6 Å². The highest BCUT2D eigenvalue weighted by Gasteiger charge is 2.13. The lowest BCUT2D eigenvalue weighted by molar-refractivity contribution is 0.199. The second kappa shape index (κ2) is 10.4. The van der Waals surface area contributed by atoms with E-state index < -0.39 is 0 Å². The van der Waals surface area contributed by atoms with Gasteiger partial charge in [-0.1, -0.05) is 18.2 Å². The zero-order valence-electron chi connectivity index (χ0n) is 14.5. The van der Waals surface area contributed by atoms with E-state index in [1.807, 2.05) is 19.1 Å². The zero-order chi connectivity index (χ0) is 18.1. The molecule has 0 unspecified atom stereocenters. The molecule has 2 rings (SSSR count). The summed E-state index contributed by atoms with van der Waals surface area (Å²) in [7, 11) is 1.67. The molecule has 25 heavy (non-hydrogen) atoms. The molecule has 0 fully saturated rings. The predicted molar refractivity (Wildman–Crippen MR) is 99.6 cm³/mol. The highest BCUT2D eigenvalue weighted by atomic mass is 79.9. The first-order chi connectivity index (χ1) is 12.2. The summed E-state index contributed by atoms with van der Waals surface area (Å²) < 4.78 is 31.1. The minimum absolute atomic E-state index is 0.136. The fraction of sp³-hybridized carbons (Fsp3) is 0.368. The molecule has 0 saturated heterocycles. The maximum Gasteiger partial charge on any atom is 0.175 e. The van der Waals surface area contributed by atoms with Crippen LogP contribution in [-0.4, -0.2) is 26.9 Å². The van der Waals surface area contributed by atoms with Crippen LogP contribution in [0.25, 0.3) is 0 Å². The summed E-state index contributed by atoms with van der Waals surface area (Å²) in [6.07, 6.45) is 0. The van der Waals surface area contributed by atoms with E-state index in [1.54, 1.807) is 25.3 Å². The van der Waals surface area contributed by atoms with E-state index in [4.69, 9.17) is 14.2 Å². The number of rotatable bonds is 10. The highest BCUT2D eigenvalue weighted by Crippen LogP contribution is 2.37. The predicted octanol–water partition coefficient (Wildman–Crippen LogP) is 4.30. The molecule has 0 amide bonds. The first-order valence-electron chi connectivity index (χ1n) is 8.16. The smallest absolute Gasteiger partial charge is 0.175 e. The first kappa shape index (κ1) is 19.7. The molecular formula is C19H23BrFNO3. The second-order valence-electron chi connectivity index (χ2n) is 5.39. The average Bonchev–Trinajstić information content (AvgIpc) is 2.60. The lowest BCUT2D eigenvalue weighted by Crippen LogP contribution is -2.18. The van der Waals surface area contributed by atoms with Gasteiger partial charge in [-0.25, -0.2) is 4.39 Å². The Balaban J connectivity index is 2.11. The van der Waals surface area contributed by atoms with Crippen LogP contribution in [0.15, 0.2) is 40.9 Å². The molecular weight excluding hydrogens is 389 g/mol. The number of hydrogen-bond donors (Lipinski definition) is 1. The van der Waals surface area contributed by atoms with Gasteiger partial charge < -0.3 is 19.5 Å². The summed E-state index contributed by atoms with van der Waals surface area (Å²) in [5, 5.41) is 3.29. The zero-order valence-corrected chi connectivity index (χ0v) is 16.1. The van der Waals surface area contributed by atoms with Gasteiger partial charge in [0.1, 0.15) is 12.4 Å². The van der Waals surface area contributed by atoms with Crippen LogP contribution in [0.2, 0.25) is 0 Å². The lowest BCUT2D eigenvalue weighted by atomic mass is 10.2. The Bertz CT molecular complexity index is 682. The monoisotopic (exact) mass is 411 g/mol. The van der Waals surface area contributed by atoms with Crippen LogP contribution in [0.5, 0.6) is 11.5 Å². The molecule has 1 N–H and O–H groups in total. The van der Waals surface area contributed by atoms with Crippen LogP contribution < -0.4 is 14.8 Å². The Kier molecular flexibility index (Phi) is 8.18. The van der Waals surface area contributed by atoms with Gasteiger partial charge >= 0.3 is 0 Å². The summed E-state index contributed by atoms with van der Waals surface area (Å²) in [6, 6.07) is 10.5. The molecule has 6 heteroatoms. The fourth-order valence-corrected chi connectivity index (χ4v) is 2.90. The van der Waals surface area contributed by atoms with Crippen molar-refractivity contribution in [2.75, 3.05) is 26.9 Å². The quantitative estimate of drug-likeness (QED) is 0.591. The van der Waals surface area contributed by atoms with Crippen LogP contribution in [0.1, 0.15) is 18.1 Å². The van der Waals surface area contributed by atoms with E-state index in [0.717, 1.165) is 16.6 Å². The van der Waals surface area contributed by atoms with Crippen molar-refractivity contribution in [3.05, 3.63) is 57.8 Å². The Morgan fingerprint density at radius 2 is 1.96 bits per heavy atom. The molecule has 0 saturated carbocycles. The van der Waals surface area contributed by atoms with Gasteiger partial charge in [0.2, 0.25) is 0 Å². The topological polar surface area (TPSA) is 39.7 Å². The van der Waals surface area contributed by atoms with Crippen molar-refractivity contribution in [3.63, 3.8) is 0 Å². The van der Waals surface area contributed by atoms with E-state index in [1.165, 1.54) is 6.07 Å². The standard InChI is InChI=1S/C19H23BrFNO3/c1-3-24-18-11-14(12-22-8-9-23-2)10-16(20)19(18)25-13-15-6-4-5-7-17(15)21/h4-7,10-11,22H,3,8-9,12-13H2,1-2H3. The van der Waals surface area contributed by atoms with Crippen molar-refractivity contribution in [2.45, 2.75) is 20.1 Å². The Labute approximate surface area is 156 Å². The molecule has 0 spiro atoms. The third kappa shape index (κ3) is 5.99. The lowest BCUT2D eigenvalue weighted by Gasteiger charge is -2.16.